The van der Waals surface area contributed by atoms with Gasteiger partial charge in [0, 0.05) is 4.90 Å². The Hall–Kier alpha value is -1.02. The van der Waals surface area contributed by atoms with Crippen molar-refractivity contribution in [1.29, 1.82) is 0 Å². The summed E-state index contributed by atoms with van der Waals surface area (Å²) in [5.74, 6) is 0. The molecule has 1 aliphatic rings. The monoisotopic (exact) mass is 509 g/mol. The van der Waals surface area contributed by atoms with Crippen molar-refractivity contribution >= 4 is 57.9 Å². The quantitative estimate of drug-likeness (QED) is 0.444. The van der Waals surface area contributed by atoms with E-state index in [4.69, 9.17) is 39.5 Å². The topological polar surface area (TPSA) is 126 Å². The van der Waals surface area contributed by atoms with E-state index in [-0.39, 0.29) is 15.1 Å². The number of hydrogen-bond acceptors (Lipinski definition) is 10. The van der Waals surface area contributed by atoms with E-state index in [1.165, 1.54) is 16.0 Å². The van der Waals surface area contributed by atoms with Crippen LogP contribution in [-0.2, 0) is 4.74 Å². The molecule has 160 valence electrons. The number of aromatic nitrogens is 5. The predicted octanol–water partition coefficient (Wildman–Crippen LogP) is 2.53. The Kier molecular flexibility index (Phi) is 6.82. The standard InChI is InChI=1S/C16H14Cl3N5O4S2/c17-7-1-6(2-8(18)11(7)19)30-16-14(27)12(13(26)10(4-25)28-16)24-3-9(21-23-24)15-22-20-5-29-15/h1-3,5,10,12-14,16,25-27H,4H2. The molecule has 1 aromatic carbocycles. The maximum absolute atomic E-state index is 11.0. The second kappa shape index (κ2) is 9.23. The van der Waals surface area contributed by atoms with Crippen molar-refractivity contribution in [2.24, 2.45) is 0 Å². The average Bonchev–Trinajstić information content (AvgIpc) is 3.40. The zero-order chi connectivity index (χ0) is 21.4. The summed E-state index contributed by atoms with van der Waals surface area (Å²) in [5, 5.41) is 48.4. The molecule has 9 nitrogen and oxygen atoms in total. The highest BCUT2D eigenvalue weighted by atomic mass is 35.5. The van der Waals surface area contributed by atoms with Crippen LogP contribution in [-0.4, -0.2) is 70.9 Å². The third-order valence-electron chi connectivity index (χ3n) is 4.45. The second-order valence-electron chi connectivity index (χ2n) is 6.34. The van der Waals surface area contributed by atoms with Crippen molar-refractivity contribution in [2.45, 2.75) is 34.7 Å². The molecule has 14 heteroatoms. The molecular weight excluding hydrogens is 497 g/mol. The number of aliphatic hydroxyl groups is 3. The Bertz CT molecular complexity index is 1000. The van der Waals surface area contributed by atoms with Crippen LogP contribution in [0.3, 0.4) is 0 Å². The largest absolute Gasteiger partial charge is 0.394 e. The molecule has 0 aliphatic carbocycles. The summed E-state index contributed by atoms with van der Waals surface area (Å²) in [5.41, 5.74) is 1.14. The first kappa shape index (κ1) is 22.2. The van der Waals surface area contributed by atoms with Gasteiger partial charge in [-0.25, -0.2) is 4.68 Å². The molecule has 0 bridgehead atoms. The molecule has 0 saturated carbocycles. The van der Waals surface area contributed by atoms with Crippen LogP contribution >= 0.6 is 57.9 Å². The third kappa shape index (κ3) is 4.31. The lowest BCUT2D eigenvalue weighted by molar-refractivity contribution is -0.178. The zero-order valence-corrected chi connectivity index (χ0v) is 18.7. The Labute approximate surface area is 193 Å². The number of rotatable bonds is 5. The summed E-state index contributed by atoms with van der Waals surface area (Å²) in [7, 11) is 0. The maximum atomic E-state index is 11.0. The average molecular weight is 511 g/mol. The molecule has 1 saturated heterocycles. The smallest absolute Gasteiger partial charge is 0.169 e. The van der Waals surface area contributed by atoms with Crippen molar-refractivity contribution in [2.75, 3.05) is 6.61 Å². The van der Waals surface area contributed by atoms with Crippen LogP contribution in [0.5, 0.6) is 0 Å². The highest BCUT2D eigenvalue weighted by Gasteiger charge is 2.46. The summed E-state index contributed by atoms with van der Waals surface area (Å²) < 4.78 is 7.06. The minimum absolute atomic E-state index is 0.223. The fourth-order valence-corrected chi connectivity index (χ4v) is 5.38. The van der Waals surface area contributed by atoms with E-state index in [0.717, 1.165) is 11.8 Å². The fourth-order valence-electron chi connectivity index (χ4n) is 3.02. The molecular formula is C16H14Cl3N5O4S2. The van der Waals surface area contributed by atoms with Gasteiger partial charge < -0.3 is 20.1 Å². The van der Waals surface area contributed by atoms with E-state index in [1.807, 2.05) is 0 Å². The summed E-state index contributed by atoms with van der Waals surface area (Å²) in [6.07, 6.45) is -1.84. The molecule has 5 atom stereocenters. The maximum Gasteiger partial charge on any atom is 0.169 e. The summed E-state index contributed by atoms with van der Waals surface area (Å²) in [6.45, 7) is -0.457. The molecule has 2 aromatic heterocycles. The Balaban J connectivity index is 1.62. The molecule has 0 spiro atoms. The van der Waals surface area contributed by atoms with E-state index in [1.54, 1.807) is 23.8 Å². The third-order valence-corrected chi connectivity index (χ3v) is 7.49. The molecule has 1 aliphatic heterocycles. The molecule has 3 N–H and O–H groups in total. The van der Waals surface area contributed by atoms with E-state index in [0.29, 0.717) is 15.6 Å². The molecule has 1 fully saturated rings. The van der Waals surface area contributed by atoms with Gasteiger partial charge in [0.2, 0.25) is 0 Å². The summed E-state index contributed by atoms with van der Waals surface area (Å²) in [4.78, 5) is 0.596. The minimum Gasteiger partial charge on any atom is -0.394 e. The van der Waals surface area contributed by atoms with Crippen molar-refractivity contribution in [3.8, 4) is 10.7 Å². The first-order valence-corrected chi connectivity index (χ1v) is 11.4. The van der Waals surface area contributed by atoms with Crippen LogP contribution in [0.15, 0.2) is 28.7 Å². The minimum atomic E-state index is -1.23. The lowest BCUT2D eigenvalue weighted by Crippen LogP contribution is -2.55. The van der Waals surface area contributed by atoms with Crippen molar-refractivity contribution < 1.29 is 20.1 Å². The van der Waals surface area contributed by atoms with Crippen LogP contribution < -0.4 is 0 Å². The van der Waals surface area contributed by atoms with E-state index in [9.17, 15) is 15.3 Å². The van der Waals surface area contributed by atoms with Crippen molar-refractivity contribution in [3.63, 3.8) is 0 Å². The van der Waals surface area contributed by atoms with Crippen molar-refractivity contribution in [3.05, 3.63) is 38.9 Å². The Morgan fingerprint density at radius 3 is 2.50 bits per heavy atom. The molecule has 3 aromatic rings. The van der Waals surface area contributed by atoms with Crippen LogP contribution in [0.25, 0.3) is 10.7 Å². The number of aliphatic hydroxyl groups excluding tert-OH is 3. The predicted molar refractivity (Wildman–Crippen MR) is 113 cm³/mol. The van der Waals surface area contributed by atoms with Gasteiger partial charge in [0.25, 0.3) is 0 Å². The first-order valence-electron chi connectivity index (χ1n) is 8.51. The Morgan fingerprint density at radius 2 is 1.87 bits per heavy atom. The highest BCUT2D eigenvalue weighted by Crippen LogP contribution is 2.41. The Morgan fingerprint density at radius 1 is 1.13 bits per heavy atom. The van der Waals surface area contributed by atoms with Gasteiger partial charge in [-0.15, -0.1) is 15.3 Å². The van der Waals surface area contributed by atoms with E-state index in [2.05, 4.69) is 20.5 Å². The van der Waals surface area contributed by atoms with Gasteiger partial charge in [-0.3, -0.25) is 0 Å². The fraction of sp³-hybridized carbons (Fsp3) is 0.375. The molecule has 4 rings (SSSR count). The van der Waals surface area contributed by atoms with Gasteiger partial charge in [0.05, 0.1) is 27.9 Å². The van der Waals surface area contributed by atoms with Crippen molar-refractivity contribution in [1.82, 2.24) is 25.2 Å². The molecule has 30 heavy (non-hydrogen) atoms. The zero-order valence-electron chi connectivity index (χ0n) is 14.8. The molecule has 0 radical (unpaired) electrons. The number of halogens is 3. The van der Waals surface area contributed by atoms with E-state index >= 15 is 0 Å². The normalized spacial score (nSPS) is 26.8. The lowest BCUT2D eigenvalue weighted by Gasteiger charge is -2.41. The summed E-state index contributed by atoms with van der Waals surface area (Å²) in [6, 6.07) is 2.25. The van der Waals surface area contributed by atoms with Crippen LogP contribution in [0.4, 0.5) is 0 Å². The first-order chi connectivity index (χ1) is 14.4. The summed E-state index contributed by atoms with van der Waals surface area (Å²) >= 11 is 20.6. The number of benzene rings is 1. The molecule has 0 amide bonds. The van der Waals surface area contributed by atoms with Gasteiger partial charge in [-0.2, -0.15) is 0 Å². The lowest BCUT2D eigenvalue weighted by atomic mass is 9.97. The van der Waals surface area contributed by atoms with Crippen LogP contribution in [0.2, 0.25) is 15.1 Å². The number of ether oxygens (including phenoxy) is 1. The van der Waals surface area contributed by atoms with Gasteiger partial charge in [-0.1, -0.05) is 63.1 Å². The van der Waals surface area contributed by atoms with E-state index < -0.39 is 36.4 Å². The highest BCUT2D eigenvalue weighted by molar-refractivity contribution is 7.99. The van der Waals surface area contributed by atoms with Gasteiger partial charge in [0.1, 0.15) is 41.0 Å². The van der Waals surface area contributed by atoms with Crippen LogP contribution in [0.1, 0.15) is 6.04 Å². The number of nitrogens with zero attached hydrogens (tertiary/aromatic N) is 5. The van der Waals surface area contributed by atoms with Gasteiger partial charge in [-0.05, 0) is 12.1 Å². The SMILES string of the molecule is OCC1OC(Sc2cc(Cl)c(Cl)c(Cl)c2)C(O)C(n2cc(-c3nncs3)nn2)C1O. The van der Waals surface area contributed by atoms with Gasteiger partial charge in [0.15, 0.2) is 5.01 Å². The second-order valence-corrected chi connectivity index (χ2v) is 9.54. The molecule has 3 heterocycles. The van der Waals surface area contributed by atoms with Crippen LogP contribution in [0, 0.1) is 0 Å². The number of hydrogen-bond donors (Lipinski definition) is 3. The van der Waals surface area contributed by atoms with Gasteiger partial charge >= 0.3 is 0 Å². The number of thioether (sulfide) groups is 1. The molecule has 5 unspecified atom stereocenters.